The van der Waals surface area contributed by atoms with Gasteiger partial charge in [-0.1, -0.05) is 51.2 Å². The molecule has 98 valence electrons. The minimum absolute atomic E-state index is 0.557. The molecule has 18 heavy (non-hydrogen) atoms. The van der Waals surface area contributed by atoms with Crippen LogP contribution in [-0.4, -0.2) is 13.9 Å². The quantitative estimate of drug-likeness (QED) is 0.517. The SMILES string of the molecule is CCCCCCCCOB1Oc2ccccc2O1. The highest BCUT2D eigenvalue weighted by Gasteiger charge is 2.34. The summed E-state index contributed by atoms with van der Waals surface area (Å²) in [5.41, 5.74) is 0. The van der Waals surface area contributed by atoms with Gasteiger partial charge in [0.1, 0.15) is 11.5 Å². The van der Waals surface area contributed by atoms with Crippen molar-refractivity contribution in [2.75, 3.05) is 6.61 Å². The molecule has 1 aliphatic heterocycles. The molecule has 1 aromatic carbocycles. The second-order valence-electron chi connectivity index (χ2n) is 4.61. The molecule has 0 unspecified atom stereocenters. The van der Waals surface area contributed by atoms with Crippen molar-refractivity contribution in [3.05, 3.63) is 24.3 Å². The van der Waals surface area contributed by atoms with E-state index in [4.69, 9.17) is 14.0 Å². The van der Waals surface area contributed by atoms with E-state index in [1.807, 2.05) is 24.3 Å². The molecular formula is C14H21BO3. The Hall–Kier alpha value is -1.16. The first-order valence-corrected chi connectivity index (χ1v) is 6.94. The van der Waals surface area contributed by atoms with E-state index >= 15 is 0 Å². The Morgan fingerprint density at radius 1 is 0.944 bits per heavy atom. The molecular weight excluding hydrogens is 227 g/mol. The summed E-state index contributed by atoms with van der Waals surface area (Å²) >= 11 is 0. The van der Waals surface area contributed by atoms with Crippen molar-refractivity contribution in [3.63, 3.8) is 0 Å². The summed E-state index contributed by atoms with van der Waals surface area (Å²) in [7, 11) is -0.557. The summed E-state index contributed by atoms with van der Waals surface area (Å²) in [6, 6.07) is 7.64. The van der Waals surface area contributed by atoms with E-state index in [1.165, 1.54) is 32.1 Å². The Morgan fingerprint density at radius 3 is 2.22 bits per heavy atom. The average molecular weight is 248 g/mol. The number of fused-ring (bicyclic) bond motifs is 1. The third-order valence-electron chi connectivity index (χ3n) is 3.05. The maximum absolute atomic E-state index is 5.55. The summed E-state index contributed by atoms with van der Waals surface area (Å²) in [4.78, 5) is 0. The molecule has 0 fully saturated rings. The summed E-state index contributed by atoms with van der Waals surface area (Å²) in [6.45, 7) is 2.93. The molecule has 3 nitrogen and oxygen atoms in total. The molecule has 4 heteroatoms. The smallest absolute Gasteiger partial charge is 0.498 e. The molecule has 0 amide bonds. The van der Waals surface area contributed by atoms with E-state index in [1.54, 1.807) is 0 Å². The Balaban J connectivity index is 1.54. The van der Waals surface area contributed by atoms with Gasteiger partial charge in [0.25, 0.3) is 0 Å². The van der Waals surface area contributed by atoms with Crippen molar-refractivity contribution in [3.8, 4) is 11.5 Å². The fourth-order valence-corrected chi connectivity index (χ4v) is 2.01. The third-order valence-corrected chi connectivity index (χ3v) is 3.05. The Bertz CT molecular complexity index is 332. The van der Waals surface area contributed by atoms with Crippen LogP contribution in [0.15, 0.2) is 24.3 Å². The molecule has 1 heterocycles. The van der Waals surface area contributed by atoms with Gasteiger partial charge < -0.3 is 14.0 Å². The summed E-state index contributed by atoms with van der Waals surface area (Å²) in [6.07, 6.45) is 7.55. The highest BCUT2D eigenvalue weighted by molar-refractivity contribution is 6.40. The molecule has 0 saturated heterocycles. The third kappa shape index (κ3) is 3.95. The molecule has 0 radical (unpaired) electrons. The zero-order chi connectivity index (χ0) is 12.6. The molecule has 0 saturated carbocycles. The van der Waals surface area contributed by atoms with Crippen molar-refractivity contribution in [1.29, 1.82) is 0 Å². The van der Waals surface area contributed by atoms with Gasteiger partial charge in [-0.2, -0.15) is 0 Å². The standard InChI is InChI=1S/C14H21BO3/c1-2-3-4-5-6-9-12-16-15-17-13-10-7-8-11-14(13)18-15/h7-8,10-11H,2-6,9,12H2,1H3. The van der Waals surface area contributed by atoms with E-state index in [9.17, 15) is 0 Å². The monoisotopic (exact) mass is 248 g/mol. The second-order valence-corrected chi connectivity index (χ2v) is 4.61. The lowest BCUT2D eigenvalue weighted by molar-refractivity contribution is 0.216. The van der Waals surface area contributed by atoms with Crippen LogP contribution in [0, 0.1) is 0 Å². The fraction of sp³-hybridized carbons (Fsp3) is 0.571. The lowest BCUT2D eigenvalue weighted by Gasteiger charge is -2.05. The van der Waals surface area contributed by atoms with Gasteiger partial charge in [0.15, 0.2) is 0 Å². The van der Waals surface area contributed by atoms with Crippen molar-refractivity contribution >= 4 is 7.32 Å². The first-order chi connectivity index (χ1) is 8.90. The number of benzene rings is 1. The van der Waals surface area contributed by atoms with Gasteiger partial charge in [-0.3, -0.25) is 0 Å². The molecule has 0 aliphatic carbocycles. The Morgan fingerprint density at radius 2 is 1.56 bits per heavy atom. The minimum atomic E-state index is -0.557. The van der Waals surface area contributed by atoms with Crippen LogP contribution in [0.1, 0.15) is 45.4 Å². The van der Waals surface area contributed by atoms with E-state index in [2.05, 4.69) is 6.92 Å². The number of rotatable bonds is 8. The zero-order valence-electron chi connectivity index (χ0n) is 11.1. The molecule has 0 aromatic heterocycles. The van der Waals surface area contributed by atoms with Crippen LogP contribution in [-0.2, 0) is 4.65 Å². The summed E-state index contributed by atoms with van der Waals surface area (Å²) in [5.74, 6) is 1.54. The van der Waals surface area contributed by atoms with Crippen LogP contribution in [0.5, 0.6) is 11.5 Å². The van der Waals surface area contributed by atoms with Crippen LogP contribution in [0.4, 0.5) is 0 Å². The van der Waals surface area contributed by atoms with Crippen molar-refractivity contribution in [2.45, 2.75) is 45.4 Å². The van der Waals surface area contributed by atoms with Gasteiger partial charge >= 0.3 is 7.32 Å². The van der Waals surface area contributed by atoms with E-state index in [0.29, 0.717) is 6.61 Å². The fourth-order valence-electron chi connectivity index (χ4n) is 2.01. The normalized spacial score (nSPS) is 13.1. The maximum Gasteiger partial charge on any atom is 0.788 e. The molecule has 2 rings (SSSR count). The van der Waals surface area contributed by atoms with Gasteiger partial charge in [0.2, 0.25) is 0 Å². The van der Waals surface area contributed by atoms with Crippen LogP contribution in [0.3, 0.4) is 0 Å². The maximum atomic E-state index is 5.55. The molecule has 0 spiro atoms. The van der Waals surface area contributed by atoms with Gasteiger partial charge in [-0.05, 0) is 18.6 Å². The average Bonchev–Trinajstić information content (AvgIpc) is 2.80. The molecule has 1 aliphatic rings. The topological polar surface area (TPSA) is 27.7 Å². The van der Waals surface area contributed by atoms with Crippen molar-refractivity contribution in [2.24, 2.45) is 0 Å². The molecule has 0 atom stereocenters. The van der Waals surface area contributed by atoms with E-state index in [-0.39, 0.29) is 0 Å². The number of hydrogen-bond acceptors (Lipinski definition) is 3. The first kappa shape index (κ1) is 13.3. The highest BCUT2D eigenvalue weighted by Crippen LogP contribution is 2.32. The first-order valence-electron chi connectivity index (χ1n) is 6.94. The Kier molecular flexibility index (Phi) is 5.40. The minimum Gasteiger partial charge on any atom is -0.498 e. The van der Waals surface area contributed by atoms with Crippen molar-refractivity contribution in [1.82, 2.24) is 0 Å². The predicted octanol–water partition coefficient (Wildman–Crippen LogP) is 3.82. The number of para-hydroxylation sites is 2. The zero-order valence-corrected chi connectivity index (χ0v) is 11.1. The summed E-state index contributed by atoms with van der Waals surface area (Å²) in [5, 5.41) is 0. The van der Waals surface area contributed by atoms with Crippen LogP contribution in [0.25, 0.3) is 0 Å². The second kappa shape index (κ2) is 7.32. The van der Waals surface area contributed by atoms with Gasteiger partial charge in [0.05, 0.1) is 0 Å². The van der Waals surface area contributed by atoms with Crippen LogP contribution in [0.2, 0.25) is 0 Å². The Labute approximate surface area is 110 Å². The van der Waals surface area contributed by atoms with Crippen LogP contribution >= 0.6 is 0 Å². The van der Waals surface area contributed by atoms with Crippen molar-refractivity contribution < 1.29 is 14.0 Å². The van der Waals surface area contributed by atoms with Gasteiger partial charge in [-0.25, -0.2) is 0 Å². The number of hydrogen-bond donors (Lipinski definition) is 0. The molecule has 1 aromatic rings. The predicted molar refractivity (Wildman–Crippen MR) is 72.8 cm³/mol. The lowest BCUT2D eigenvalue weighted by Crippen LogP contribution is -2.29. The van der Waals surface area contributed by atoms with E-state index < -0.39 is 7.32 Å². The van der Waals surface area contributed by atoms with E-state index in [0.717, 1.165) is 17.9 Å². The lowest BCUT2D eigenvalue weighted by atomic mass is 10.1. The van der Waals surface area contributed by atoms with Gasteiger partial charge in [-0.15, -0.1) is 0 Å². The molecule has 0 N–H and O–H groups in total. The number of unbranched alkanes of at least 4 members (excludes halogenated alkanes) is 5. The van der Waals surface area contributed by atoms with Gasteiger partial charge in [0, 0.05) is 6.61 Å². The summed E-state index contributed by atoms with van der Waals surface area (Å²) < 4.78 is 16.6. The van der Waals surface area contributed by atoms with Crippen LogP contribution < -0.4 is 9.31 Å². The molecule has 0 bridgehead atoms. The highest BCUT2D eigenvalue weighted by atomic mass is 16.8. The largest absolute Gasteiger partial charge is 0.788 e.